The Balaban J connectivity index is 1.64. The summed E-state index contributed by atoms with van der Waals surface area (Å²) in [4.78, 5) is 14.5. The summed E-state index contributed by atoms with van der Waals surface area (Å²) in [6.07, 6.45) is 1.71. The average molecular weight is 275 g/mol. The lowest BCUT2D eigenvalue weighted by atomic mass is 9.97. The van der Waals surface area contributed by atoms with E-state index in [4.69, 9.17) is 9.47 Å². The van der Waals surface area contributed by atoms with Gasteiger partial charge in [-0.15, -0.1) is 0 Å². The molecule has 2 aliphatic rings. The third-order valence-corrected chi connectivity index (χ3v) is 4.12. The Kier molecular flexibility index (Phi) is 4.33. The molecule has 1 unspecified atom stereocenters. The molecule has 4 heteroatoms. The summed E-state index contributed by atoms with van der Waals surface area (Å²) in [6, 6.07) is 10.1. The Hall–Kier alpha value is -1.39. The summed E-state index contributed by atoms with van der Waals surface area (Å²) in [7, 11) is 0. The fourth-order valence-electron chi connectivity index (χ4n) is 2.92. The standard InChI is InChI=1S/C16H21NO3/c18-16(14-6-9-19-10-7-14)17-8-11-20-15(12-17)13-4-2-1-3-5-13/h1-5,14-15H,6-12H2. The van der Waals surface area contributed by atoms with Crippen molar-refractivity contribution in [2.45, 2.75) is 18.9 Å². The Labute approximate surface area is 119 Å². The molecular weight excluding hydrogens is 254 g/mol. The van der Waals surface area contributed by atoms with Gasteiger partial charge in [0.25, 0.3) is 0 Å². The number of hydrogen-bond donors (Lipinski definition) is 0. The van der Waals surface area contributed by atoms with E-state index in [1.807, 2.05) is 23.1 Å². The van der Waals surface area contributed by atoms with Crippen molar-refractivity contribution in [2.24, 2.45) is 5.92 Å². The number of nitrogens with zero attached hydrogens (tertiary/aromatic N) is 1. The SMILES string of the molecule is O=C(C1CCOCC1)N1CCOC(c2ccccc2)C1. The van der Waals surface area contributed by atoms with E-state index in [-0.39, 0.29) is 17.9 Å². The van der Waals surface area contributed by atoms with Gasteiger partial charge < -0.3 is 14.4 Å². The molecule has 1 amide bonds. The Morgan fingerprint density at radius 2 is 1.85 bits per heavy atom. The van der Waals surface area contributed by atoms with E-state index in [9.17, 15) is 4.79 Å². The number of morpholine rings is 1. The highest BCUT2D eigenvalue weighted by molar-refractivity contribution is 5.79. The molecule has 0 spiro atoms. The molecule has 1 aromatic carbocycles. The van der Waals surface area contributed by atoms with Gasteiger partial charge in [0.05, 0.1) is 13.2 Å². The largest absolute Gasteiger partial charge is 0.381 e. The van der Waals surface area contributed by atoms with E-state index in [1.165, 1.54) is 0 Å². The van der Waals surface area contributed by atoms with E-state index in [0.29, 0.717) is 32.9 Å². The lowest BCUT2D eigenvalue weighted by molar-refractivity contribution is -0.146. The van der Waals surface area contributed by atoms with Crippen molar-refractivity contribution in [2.75, 3.05) is 32.9 Å². The molecule has 0 bridgehead atoms. The minimum absolute atomic E-state index is 0.00809. The first kappa shape index (κ1) is 13.6. The van der Waals surface area contributed by atoms with Crippen LogP contribution in [0.2, 0.25) is 0 Å². The molecule has 0 aromatic heterocycles. The van der Waals surface area contributed by atoms with Crippen LogP contribution in [0.5, 0.6) is 0 Å². The normalized spacial score (nSPS) is 24.6. The van der Waals surface area contributed by atoms with Crippen LogP contribution in [0.1, 0.15) is 24.5 Å². The number of rotatable bonds is 2. The molecule has 0 aliphatic carbocycles. The first-order valence-electron chi connectivity index (χ1n) is 7.37. The Bertz CT molecular complexity index is 442. The number of carbonyl (C=O) groups is 1. The lowest BCUT2D eigenvalue weighted by Crippen LogP contribution is -2.46. The smallest absolute Gasteiger partial charge is 0.226 e. The third-order valence-electron chi connectivity index (χ3n) is 4.12. The van der Waals surface area contributed by atoms with Gasteiger partial charge >= 0.3 is 0 Å². The number of hydrogen-bond acceptors (Lipinski definition) is 3. The van der Waals surface area contributed by atoms with Crippen LogP contribution < -0.4 is 0 Å². The first-order valence-corrected chi connectivity index (χ1v) is 7.37. The van der Waals surface area contributed by atoms with Gasteiger partial charge in [-0.25, -0.2) is 0 Å². The van der Waals surface area contributed by atoms with Crippen molar-refractivity contribution in [1.29, 1.82) is 0 Å². The van der Waals surface area contributed by atoms with E-state index in [0.717, 1.165) is 18.4 Å². The summed E-state index contributed by atoms with van der Waals surface area (Å²) in [6.45, 7) is 3.42. The van der Waals surface area contributed by atoms with E-state index < -0.39 is 0 Å². The molecule has 2 saturated heterocycles. The minimum atomic E-state index is 0.00809. The lowest BCUT2D eigenvalue weighted by Gasteiger charge is -2.36. The minimum Gasteiger partial charge on any atom is -0.381 e. The molecule has 108 valence electrons. The van der Waals surface area contributed by atoms with Gasteiger partial charge in [0.15, 0.2) is 0 Å². The second-order valence-electron chi connectivity index (χ2n) is 5.44. The van der Waals surface area contributed by atoms with Crippen LogP contribution in [0.4, 0.5) is 0 Å². The van der Waals surface area contributed by atoms with Crippen molar-refractivity contribution in [3.63, 3.8) is 0 Å². The first-order chi connectivity index (χ1) is 9.84. The molecule has 0 radical (unpaired) electrons. The highest BCUT2D eigenvalue weighted by Gasteiger charge is 2.30. The Morgan fingerprint density at radius 1 is 1.10 bits per heavy atom. The van der Waals surface area contributed by atoms with Gasteiger partial charge in [-0.1, -0.05) is 30.3 Å². The molecular formula is C16H21NO3. The van der Waals surface area contributed by atoms with Gasteiger partial charge in [-0.3, -0.25) is 4.79 Å². The maximum Gasteiger partial charge on any atom is 0.226 e. The van der Waals surface area contributed by atoms with Crippen LogP contribution in [0.3, 0.4) is 0 Å². The topological polar surface area (TPSA) is 38.8 Å². The molecule has 2 heterocycles. The maximum absolute atomic E-state index is 12.5. The van der Waals surface area contributed by atoms with Gasteiger partial charge in [0.2, 0.25) is 5.91 Å². The van der Waals surface area contributed by atoms with Crippen LogP contribution in [0.25, 0.3) is 0 Å². The average Bonchev–Trinajstić information content (AvgIpc) is 2.56. The fraction of sp³-hybridized carbons (Fsp3) is 0.562. The van der Waals surface area contributed by atoms with E-state index in [1.54, 1.807) is 0 Å². The quantitative estimate of drug-likeness (QED) is 0.829. The van der Waals surface area contributed by atoms with Gasteiger partial charge in [-0.05, 0) is 18.4 Å². The predicted molar refractivity (Wildman–Crippen MR) is 75.3 cm³/mol. The van der Waals surface area contributed by atoms with Gasteiger partial charge in [-0.2, -0.15) is 0 Å². The maximum atomic E-state index is 12.5. The summed E-state index contributed by atoms with van der Waals surface area (Å²) in [5, 5.41) is 0. The molecule has 0 N–H and O–H groups in total. The number of ether oxygens (including phenoxy) is 2. The van der Waals surface area contributed by atoms with Crippen LogP contribution in [0, 0.1) is 5.92 Å². The highest BCUT2D eigenvalue weighted by atomic mass is 16.5. The third kappa shape index (κ3) is 3.02. The Morgan fingerprint density at radius 3 is 2.60 bits per heavy atom. The number of amides is 1. The van der Waals surface area contributed by atoms with Crippen LogP contribution in [0.15, 0.2) is 30.3 Å². The summed E-state index contributed by atoms with van der Waals surface area (Å²) in [5.41, 5.74) is 1.15. The summed E-state index contributed by atoms with van der Waals surface area (Å²) < 4.78 is 11.1. The fourth-order valence-corrected chi connectivity index (χ4v) is 2.92. The second-order valence-corrected chi connectivity index (χ2v) is 5.44. The summed E-state index contributed by atoms with van der Waals surface area (Å²) >= 11 is 0. The van der Waals surface area contributed by atoms with Gasteiger partial charge in [0.1, 0.15) is 6.10 Å². The van der Waals surface area contributed by atoms with Crippen molar-refractivity contribution in [1.82, 2.24) is 4.90 Å². The number of benzene rings is 1. The molecule has 1 aromatic rings. The molecule has 2 aliphatic heterocycles. The van der Waals surface area contributed by atoms with Crippen LogP contribution in [-0.2, 0) is 14.3 Å². The molecule has 20 heavy (non-hydrogen) atoms. The molecule has 0 saturated carbocycles. The monoisotopic (exact) mass is 275 g/mol. The van der Waals surface area contributed by atoms with Crippen LogP contribution in [-0.4, -0.2) is 43.7 Å². The van der Waals surface area contributed by atoms with Crippen molar-refractivity contribution < 1.29 is 14.3 Å². The second kappa shape index (κ2) is 6.37. The van der Waals surface area contributed by atoms with Crippen molar-refractivity contribution in [3.8, 4) is 0 Å². The predicted octanol–water partition coefficient (Wildman–Crippen LogP) is 2.01. The van der Waals surface area contributed by atoms with Crippen molar-refractivity contribution >= 4 is 5.91 Å². The molecule has 3 rings (SSSR count). The zero-order valence-electron chi connectivity index (χ0n) is 11.7. The van der Waals surface area contributed by atoms with E-state index in [2.05, 4.69) is 12.1 Å². The zero-order chi connectivity index (χ0) is 13.8. The number of carbonyl (C=O) groups excluding carboxylic acids is 1. The van der Waals surface area contributed by atoms with E-state index >= 15 is 0 Å². The van der Waals surface area contributed by atoms with Crippen LogP contribution >= 0.6 is 0 Å². The molecule has 4 nitrogen and oxygen atoms in total. The highest BCUT2D eigenvalue weighted by Crippen LogP contribution is 2.25. The van der Waals surface area contributed by atoms with Gasteiger partial charge in [0, 0.05) is 25.7 Å². The zero-order valence-corrected chi connectivity index (χ0v) is 11.7. The van der Waals surface area contributed by atoms with Crippen molar-refractivity contribution in [3.05, 3.63) is 35.9 Å². The molecule has 1 atom stereocenters. The summed E-state index contributed by atoms with van der Waals surface area (Å²) in [5.74, 6) is 0.413. The molecule has 2 fully saturated rings.